The summed E-state index contributed by atoms with van der Waals surface area (Å²) < 4.78 is 6.64. The standard InChI is InChI=1S/C12H14N2OS/c1-7-3-2-4-10-11(7)14-12(16-10)8-5-15-6-9(8)13/h2-4,8-9H,5-6,13H2,1H3. The van der Waals surface area contributed by atoms with Gasteiger partial charge in [0.1, 0.15) is 5.01 Å². The van der Waals surface area contributed by atoms with Crippen molar-refractivity contribution in [2.24, 2.45) is 5.73 Å². The molecule has 2 unspecified atom stereocenters. The third-order valence-corrected chi connectivity index (χ3v) is 4.23. The van der Waals surface area contributed by atoms with Crippen molar-refractivity contribution >= 4 is 21.6 Å². The number of aryl methyl sites for hydroxylation is 1. The number of fused-ring (bicyclic) bond motifs is 1. The largest absolute Gasteiger partial charge is 0.379 e. The normalized spacial score (nSPS) is 25.4. The lowest BCUT2D eigenvalue weighted by molar-refractivity contribution is 0.191. The first-order valence-corrected chi connectivity index (χ1v) is 6.27. The van der Waals surface area contributed by atoms with E-state index in [9.17, 15) is 0 Å². The van der Waals surface area contributed by atoms with Crippen molar-refractivity contribution in [2.45, 2.75) is 18.9 Å². The maximum Gasteiger partial charge on any atom is 0.101 e. The first-order valence-electron chi connectivity index (χ1n) is 5.45. The van der Waals surface area contributed by atoms with Crippen LogP contribution in [0.4, 0.5) is 0 Å². The van der Waals surface area contributed by atoms with Crippen LogP contribution < -0.4 is 5.73 Å². The molecule has 3 rings (SSSR count). The average Bonchev–Trinajstić information content (AvgIpc) is 2.84. The molecule has 0 saturated carbocycles. The molecule has 3 nitrogen and oxygen atoms in total. The molecule has 0 spiro atoms. The number of benzene rings is 1. The van der Waals surface area contributed by atoms with E-state index in [1.54, 1.807) is 11.3 Å². The van der Waals surface area contributed by atoms with Crippen molar-refractivity contribution < 1.29 is 4.74 Å². The molecule has 2 atom stereocenters. The van der Waals surface area contributed by atoms with Crippen LogP contribution in [0.25, 0.3) is 10.2 Å². The number of rotatable bonds is 1. The number of nitrogens with two attached hydrogens (primary N) is 1. The highest BCUT2D eigenvalue weighted by Crippen LogP contribution is 2.32. The minimum atomic E-state index is 0.0980. The highest BCUT2D eigenvalue weighted by molar-refractivity contribution is 7.18. The van der Waals surface area contributed by atoms with Gasteiger partial charge in [0.15, 0.2) is 0 Å². The predicted octanol–water partition coefficient (Wildman–Crippen LogP) is 2.05. The maximum absolute atomic E-state index is 6.01. The summed E-state index contributed by atoms with van der Waals surface area (Å²) in [6, 6.07) is 6.38. The molecule has 16 heavy (non-hydrogen) atoms. The van der Waals surface area contributed by atoms with Crippen molar-refractivity contribution in [3.05, 3.63) is 28.8 Å². The Morgan fingerprint density at radius 1 is 1.44 bits per heavy atom. The Kier molecular flexibility index (Phi) is 2.42. The smallest absolute Gasteiger partial charge is 0.101 e. The topological polar surface area (TPSA) is 48.1 Å². The Morgan fingerprint density at radius 2 is 2.31 bits per heavy atom. The van der Waals surface area contributed by atoms with Gasteiger partial charge in [-0.25, -0.2) is 4.98 Å². The van der Waals surface area contributed by atoms with Crippen LogP contribution in [0.3, 0.4) is 0 Å². The number of thiazole rings is 1. The van der Waals surface area contributed by atoms with Gasteiger partial charge in [-0.15, -0.1) is 11.3 Å². The zero-order chi connectivity index (χ0) is 11.1. The fourth-order valence-corrected chi connectivity index (χ4v) is 3.29. The molecule has 2 N–H and O–H groups in total. The van der Waals surface area contributed by atoms with E-state index < -0.39 is 0 Å². The minimum Gasteiger partial charge on any atom is -0.379 e. The Hall–Kier alpha value is -0.970. The molecule has 1 fully saturated rings. The average molecular weight is 234 g/mol. The van der Waals surface area contributed by atoms with E-state index in [-0.39, 0.29) is 12.0 Å². The fraction of sp³-hybridized carbons (Fsp3) is 0.417. The lowest BCUT2D eigenvalue weighted by Crippen LogP contribution is -2.26. The third kappa shape index (κ3) is 1.54. The Bertz CT molecular complexity index is 523. The van der Waals surface area contributed by atoms with E-state index in [1.165, 1.54) is 10.3 Å². The quantitative estimate of drug-likeness (QED) is 0.821. The molecule has 2 heterocycles. The predicted molar refractivity (Wildman–Crippen MR) is 65.9 cm³/mol. The van der Waals surface area contributed by atoms with Crippen LogP contribution in [0, 0.1) is 6.92 Å². The number of hydrogen-bond acceptors (Lipinski definition) is 4. The molecule has 0 amide bonds. The van der Waals surface area contributed by atoms with E-state index in [0.29, 0.717) is 13.2 Å². The van der Waals surface area contributed by atoms with Crippen LogP contribution in [0.2, 0.25) is 0 Å². The second-order valence-corrected chi connectivity index (χ2v) is 5.34. The second-order valence-electron chi connectivity index (χ2n) is 4.28. The summed E-state index contributed by atoms with van der Waals surface area (Å²) in [5.74, 6) is 0.275. The van der Waals surface area contributed by atoms with Gasteiger partial charge in [0, 0.05) is 6.04 Å². The monoisotopic (exact) mass is 234 g/mol. The number of aromatic nitrogens is 1. The van der Waals surface area contributed by atoms with Crippen molar-refractivity contribution in [1.29, 1.82) is 0 Å². The van der Waals surface area contributed by atoms with E-state index >= 15 is 0 Å². The number of hydrogen-bond donors (Lipinski definition) is 1. The van der Waals surface area contributed by atoms with Crippen molar-refractivity contribution in [2.75, 3.05) is 13.2 Å². The molecule has 1 aromatic carbocycles. The van der Waals surface area contributed by atoms with Gasteiger partial charge in [-0.3, -0.25) is 0 Å². The molecule has 1 aliphatic rings. The van der Waals surface area contributed by atoms with Gasteiger partial charge in [0.25, 0.3) is 0 Å². The summed E-state index contributed by atoms with van der Waals surface area (Å²) in [5, 5.41) is 1.12. The zero-order valence-electron chi connectivity index (χ0n) is 9.14. The molecule has 1 saturated heterocycles. The van der Waals surface area contributed by atoms with Crippen LogP contribution in [0.1, 0.15) is 16.5 Å². The molecule has 1 aliphatic heterocycles. The summed E-state index contributed by atoms with van der Waals surface area (Å²) in [6.07, 6.45) is 0. The van der Waals surface area contributed by atoms with E-state index in [0.717, 1.165) is 10.5 Å². The van der Waals surface area contributed by atoms with Crippen molar-refractivity contribution in [3.63, 3.8) is 0 Å². The Morgan fingerprint density at radius 3 is 3.00 bits per heavy atom. The SMILES string of the molecule is Cc1cccc2sc(C3COCC3N)nc12. The third-order valence-electron chi connectivity index (χ3n) is 3.08. The second kappa shape index (κ2) is 3.80. The molecule has 0 bridgehead atoms. The summed E-state index contributed by atoms with van der Waals surface area (Å²) >= 11 is 1.74. The van der Waals surface area contributed by atoms with Gasteiger partial charge in [0.05, 0.1) is 29.3 Å². The summed E-state index contributed by atoms with van der Waals surface area (Å²) in [6.45, 7) is 3.45. The lowest BCUT2D eigenvalue weighted by Gasteiger charge is -2.08. The molecule has 0 radical (unpaired) electrons. The van der Waals surface area contributed by atoms with Gasteiger partial charge in [-0.1, -0.05) is 12.1 Å². The first kappa shape index (κ1) is 10.2. The molecular formula is C12H14N2OS. The van der Waals surface area contributed by atoms with Gasteiger partial charge in [-0.05, 0) is 18.6 Å². The van der Waals surface area contributed by atoms with E-state index in [1.807, 2.05) is 0 Å². The summed E-state index contributed by atoms with van der Waals surface area (Å²) in [7, 11) is 0. The number of nitrogens with zero attached hydrogens (tertiary/aromatic N) is 1. The lowest BCUT2D eigenvalue weighted by atomic mass is 10.1. The molecular weight excluding hydrogens is 220 g/mol. The van der Waals surface area contributed by atoms with Crippen molar-refractivity contribution in [3.8, 4) is 0 Å². The van der Waals surface area contributed by atoms with Gasteiger partial charge in [-0.2, -0.15) is 0 Å². The van der Waals surface area contributed by atoms with Crippen LogP contribution in [0.15, 0.2) is 18.2 Å². The highest BCUT2D eigenvalue weighted by Gasteiger charge is 2.29. The number of ether oxygens (including phenoxy) is 1. The van der Waals surface area contributed by atoms with Crippen LogP contribution in [-0.2, 0) is 4.74 Å². The highest BCUT2D eigenvalue weighted by atomic mass is 32.1. The van der Waals surface area contributed by atoms with Crippen LogP contribution in [-0.4, -0.2) is 24.2 Å². The van der Waals surface area contributed by atoms with Crippen molar-refractivity contribution in [1.82, 2.24) is 4.98 Å². The van der Waals surface area contributed by atoms with Gasteiger partial charge >= 0.3 is 0 Å². The molecule has 4 heteroatoms. The van der Waals surface area contributed by atoms with E-state index in [2.05, 4.69) is 25.1 Å². The Balaban J connectivity index is 2.08. The zero-order valence-corrected chi connectivity index (χ0v) is 9.96. The van der Waals surface area contributed by atoms with Gasteiger partial charge < -0.3 is 10.5 Å². The maximum atomic E-state index is 6.01. The minimum absolute atomic E-state index is 0.0980. The summed E-state index contributed by atoms with van der Waals surface area (Å²) in [5.41, 5.74) is 8.35. The molecule has 2 aromatic rings. The fourth-order valence-electron chi connectivity index (χ4n) is 2.09. The van der Waals surface area contributed by atoms with E-state index in [4.69, 9.17) is 15.5 Å². The van der Waals surface area contributed by atoms with Crippen LogP contribution in [0.5, 0.6) is 0 Å². The first-order chi connectivity index (χ1) is 7.75. The molecule has 1 aromatic heterocycles. The summed E-state index contributed by atoms with van der Waals surface area (Å²) in [4.78, 5) is 4.70. The molecule has 84 valence electrons. The Labute approximate surface area is 98.2 Å². The van der Waals surface area contributed by atoms with Crippen LogP contribution >= 0.6 is 11.3 Å². The molecule has 0 aliphatic carbocycles. The number of para-hydroxylation sites is 1. The van der Waals surface area contributed by atoms with Gasteiger partial charge in [0.2, 0.25) is 0 Å².